The van der Waals surface area contributed by atoms with Crippen LogP contribution in [0.5, 0.6) is 0 Å². The lowest BCUT2D eigenvalue weighted by Gasteiger charge is -2.16. The predicted octanol–water partition coefficient (Wildman–Crippen LogP) is 0.944. The molecule has 1 aliphatic carbocycles. The van der Waals surface area contributed by atoms with Gasteiger partial charge in [-0.2, -0.15) is 0 Å². The molecule has 0 aromatic heterocycles. The number of likely N-dealkylation sites (N-methyl/N-ethyl adjacent to an activating group) is 1. The van der Waals surface area contributed by atoms with Crippen molar-refractivity contribution in [2.75, 3.05) is 7.05 Å². The van der Waals surface area contributed by atoms with Crippen molar-refractivity contribution in [1.29, 1.82) is 0 Å². The standard InChI is InChI=1S/C13H17N3O2/c1-16(11-6-7-11)12(17)8-9-2-4-10(5-3-9)13(14)15-18/h2-5,11,18H,6-8H2,1H3,(H2,14,15). The summed E-state index contributed by atoms with van der Waals surface area (Å²) in [5, 5.41) is 11.5. The number of hydrogen-bond donors (Lipinski definition) is 2. The van der Waals surface area contributed by atoms with Crippen LogP contribution in [0.25, 0.3) is 0 Å². The summed E-state index contributed by atoms with van der Waals surface area (Å²) in [5.41, 5.74) is 7.04. The van der Waals surface area contributed by atoms with Crippen molar-refractivity contribution in [3.8, 4) is 0 Å². The van der Waals surface area contributed by atoms with E-state index in [4.69, 9.17) is 10.9 Å². The lowest BCUT2D eigenvalue weighted by molar-refractivity contribution is -0.129. The molecule has 3 N–H and O–H groups in total. The molecule has 0 saturated heterocycles. The SMILES string of the molecule is CN(C(=O)Cc1ccc(C(N)=NO)cc1)C1CC1. The number of oxime groups is 1. The molecular formula is C13H17N3O2. The number of carbonyl (C=O) groups excluding carboxylic acids is 1. The van der Waals surface area contributed by atoms with Crippen molar-refractivity contribution in [2.24, 2.45) is 10.9 Å². The monoisotopic (exact) mass is 247 g/mol. The molecule has 1 amide bonds. The summed E-state index contributed by atoms with van der Waals surface area (Å²) in [4.78, 5) is 13.7. The molecule has 5 heteroatoms. The van der Waals surface area contributed by atoms with Gasteiger partial charge in [-0.25, -0.2) is 0 Å². The average Bonchev–Trinajstić information content (AvgIpc) is 3.22. The smallest absolute Gasteiger partial charge is 0.226 e. The Kier molecular flexibility index (Phi) is 3.50. The molecule has 0 atom stereocenters. The van der Waals surface area contributed by atoms with E-state index >= 15 is 0 Å². The maximum Gasteiger partial charge on any atom is 0.226 e. The lowest BCUT2D eigenvalue weighted by atomic mass is 10.1. The summed E-state index contributed by atoms with van der Waals surface area (Å²) >= 11 is 0. The quantitative estimate of drug-likeness (QED) is 0.360. The largest absolute Gasteiger partial charge is 0.409 e. The van der Waals surface area contributed by atoms with E-state index in [-0.39, 0.29) is 11.7 Å². The van der Waals surface area contributed by atoms with Gasteiger partial charge in [0.05, 0.1) is 6.42 Å². The van der Waals surface area contributed by atoms with Gasteiger partial charge in [0.1, 0.15) is 0 Å². The van der Waals surface area contributed by atoms with Gasteiger partial charge in [-0.1, -0.05) is 29.4 Å². The van der Waals surface area contributed by atoms with Crippen molar-refractivity contribution in [1.82, 2.24) is 4.90 Å². The van der Waals surface area contributed by atoms with E-state index in [0.29, 0.717) is 18.0 Å². The normalized spacial score (nSPS) is 15.5. The van der Waals surface area contributed by atoms with Gasteiger partial charge < -0.3 is 15.8 Å². The van der Waals surface area contributed by atoms with Gasteiger partial charge in [0.15, 0.2) is 5.84 Å². The predicted molar refractivity (Wildman–Crippen MR) is 68.4 cm³/mol. The number of nitrogens with zero attached hydrogens (tertiary/aromatic N) is 2. The fraction of sp³-hybridized carbons (Fsp3) is 0.385. The highest BCUT2D eigenvalue weighted by atomic mass is 16.4. The number of amidine groups is 1. The van der Waals surface area contributed by atoms with Gasteiger partial charge in [-0.15, -0.1) is 0 Å². The average molecular weight is 247 g/mol. The van der Waals surface area contributed by atoms with Crippen molar-refractivity contribution >= 4 is 11.7 Å². The molecule has 0 bridgehead atoms. The second-order valence-corrected chi connectivity index (χ2v) is 4.59. The van der Waals surface area contributed by atoms with Gasteiger partial charge in [-0.05, 0) is 18.4 Å². The minimum Gasteiger partial charge on any atom is -0.409 e. The Bertz CT molecular complexity index is 464. The van der Waals surface area contributed by atoms with Crippen LogP contribution in [0, 0.1) is 0 Å². The number of hydrogen-bond acceptors (Lipinski definition) is 3. The third kappa shape index (κ3) is 2.80. The second kappa shape index (κ2) is 5.08. The van der Waals surface area contributed by atoms with Crippen molar-refractivity contribution in [2.45, 2.75) is 25.3 Å². The zero-order chi connectivity index (χ0) is 13.1. The molecule has 5 nitrogen and oxygen atoms in total. The van der Waals surface area contributed by atoms with Crippen molar-refractivity contribution in [3.05, 3.63) is 35.4 Å². The van der Waals surface area contributed by atoms with Gasteiger partial charge in [0.2, 0.25) is 5.91 Å². The summed E-state index contributed by atoms with van der Waals surface area (Å²) in [7, 11) is 1.85. The van der Waals surface area contributed by atoms with Crippen LogP contribution in [0.2, 0.25) is 0 Å². The van der Waals surface area contributed by atoms with E-state index in [9.17, 15) is 4.79 Å². The molecule has 1 aromatic carbocycles. The van der Waals surface area contributed by atoms with Gasteiger partial charge in [-0.3, -0.25) is 4.79 Å². The topological polar surface area (TPSA) is 78.9 Å². The molecule has 1 aromatic rings. The Morgan fingerprint density at radius 3 is 2.56 bits per heavy atom. The van der Waals surface area contributed by atoms with Gasteiger partial charge in [0.25, 0.3) is 0 Å². The van der Waals surface area contributed by atoms with Crippen LogP contribution in [0.3, 0.4) is 0 Å². The van der Waals surface area contributed by atoms with Crippen LogP contribution in [-0.4, -0.2) is 34.9 Å². The van der Waals surface area contributed by atoms with E-state index in [2.05, 4.69) is 5.16 Å². The Morgan fingerprint density at radius 1 is 1.44 bits per heavy atom. The molecule has 1 saturated carbocycles. The zero-order valence-corrected chi connectivity index (χ0v) is 10.3. The first kappa shape index (κ1) is 12.4. The molecule has 0 spiro atoms. The summed E-state index contributed by atoms with van der Waals surface area (Å²) in [6.45, 7) is 0. The highest BCUT2D eigenvalue weighted by molar-refractivity contribution is 5.97. The van der Waals surface area contributed by atoms with E-state index < -0.39 is 0 Å². The molecule has 0 radical (unpaired) electrons. The van der Waals surface area contributed by atoms with Crippen molar-refractivity contribution in [3.63, 3.8) is 0 Å². The summed E-state index contributed by atoms with van der Waals surface area (Å²) in [5.74, 6) is 0.206. The third-order valence-electron chi connectivity index (χ3n) is 3.20. The van der Waals surface area contributed by atoms with E-state index in [1.54, 1.807) is 12.1 Å². The molecule has 1 fully saturated rings. The van der Waals surface area contributed by atoms with Crippen LogP contribution in [0.4, 0.5) is 0 Å². The molecule has 18 heavy (non-hydrogen) atoms. The molecule has 96 valence electrons. The highest BCUT2D eigenvalue weighted by Gasteiger charge is 2.29. The number of carbonyl (C=O) groups is 1. The number of amides is 1. The molecule has 0 heterocycles. The molecule has 0 aliphatic heterocycles. The maximum absolute atomic E-state index is 11.9. The molecule has 0 unspecified atom stereocenters. The van der Waals surface area contributed by atoms with E-state index in [1.807, 2.05) is 24.1 Å². The maximum atomic E-state index is 11.9. The lowest BCUT2D eigenvalue weighted by Crippen LogP contribution is -2.30. The van der Waals surface area contributed by atoms with Gasteiger partial charge in [0, 0.05) is 18.7 Å². The molecule has 1 aliphatic rings. The third-order valence-corrected chi connectivity index (χ3v) is 3.20. The van der Waals surface area contributed by atoms with Crippen LogP contribution in [-0.2, 0) is 11.2 Å². The Morgan fingerprint density at radius 2 is 2.06 bits per heavy atom. The van der Waals surface area contributed by atoms with Crippen LogP contribution >= 0.6 is 0 Å². The number of rotatable bonds is 4. The molecule has 2 rings (SSSR count). The first-order chi connectivity index (χ1) is 8.61. The molecular weight excluding hydrogens is 230 g/mol. The highest BCUT2D eigenvalue weighted by Crippen LogP contribution is 2.25. The fourth-order valence-corrected chi connectivity index (χ4v) is 1.82. The Labute approximate surface area is 106 Å². The summed E-state index contributed by atoms with van der Waals surface area (Å²) < 4.78 is 0. The Hall–Kier alpha value is -2.04. The number of nitrogens with two attached hydrogens (primary N) is 1. The Balaban J connectivity index is 1.99. The summed E-state index contributed by atoms with van der Waals surface area (Å²) in [6, 6.07) is 7.58. The second-order valence-electron chi connectivity index (χ2n) is 4.59. The van der Waals surface area contributed by atoms with Crippen LogP contribution < -0.4 is 5.73 Å². The first-order valence-electron chi connectivity index (χ1n) is 5.94. The minimum absolute atomic E-state index is 0.0722. The van der Waals surface area contributed by atoms with Crippen LogP contribution in [0.15, 0.2) is 29.4 Å². The fourth-order valence-electron chi connectivity index (χ4n) is 1.82. The van der Waals surface area contributed by atoms with Crippen LogP contribution in [0.1, 0.15) is 24.0 Å². The number of benzene rings is 1. The van der Waals surface area contributed by atoms with E-state index in [0.717, 1.165) is 18.4 Å². The van der Waals surface area contributed by atoms with Crippen molar-refractivity contribution < 1.29 is 10.0 Å². The minimum atomic E-state index is 0.0722. The first-order valence-corrected chi connectivity index (χ1v) is 5.94. The zero-order valence-electron chi connectivity index (χ0n) is 10.3. The van der Waals surface area contributed by atoms with E-state index in [1.165, 1.54) is 0 Å². The van der Waals surface area contributed by atoms with Gasteiger partial charge >= 0.3 is 0 Å². The summed E-state index contributed by atoms with van der Waals surface area (Å²) in [6.07, 6.45) is 2.62.